The number of hydrogen-bond acceptors (Lipinski definition) is 3. The van der Waals surface area contributed by atoms with Gasteiger partial charge in [0.1, 0.15) is 12.4 Å². The molecular formula is C20H13BrClN3O2. The average molecular weight is 443 g/mol. The Bertz CT molecular complexity index is 1240. The molecule has 7 heteroatoms. The number of carbonyl (C=O) groups excluding carboxylic acids is 1. The van der Waals surface area contributed by atoms with E-state index in [-0.39, 0.29) is 17.9 Å². The quantitative estimate of drug-likeness (QED) is 0.472. The largest absolute Gasteiger partial charge is 0.331 e. The van der Waals surface area contributed by atoms with Crippen molar-refractivity contribution < 1.29 is 4.79 Å². The Hall–Kier alpha value is -2.70. The molecule has 0 unspecified atom stereocenters. The van der Waals surface area contributed by atoms with Crippen molar-refractivity contribution in [1.82, 2.24) is 9.55 Å². The zero-order valence-corrected chi connectivity index (χ0v) is 16.3. The van der Waals surface area contributed by atoms with E-state index in [1.807, 2.05) is 18.2 Å². The number of para-hydroxylation sites is 1. The van der Waals surface area contributed by atoms with Gasteiger partial charge in [-0.2, -0.15) is 0 Å². The Morgan fingerprint density at radius 3 is 2.63 bits per heavy atom. The van der Waals surface area contributed by atoms with E-state index in [1.54, 1.807) is 47.2 Å². The third-order valence-electron chi connectivity index (χ3n) is 4.23. The number of aromatic nitrogens is 2. The molecule has 0 saturated heterocycles. The second-order valence-corrected chi connectivity index (χ2v) is 7.36. The fourth-order valence-corrected chi connectivity index (χ4v) is 3.44. The Morgan fingerprint density at radius 2 is 1.85 bits per heavy atom. The number of amides is 1. The standard InChI is InChI=1S/C20H13BrClN3O2/c21-12-5-8-18(23-10-12)24-19(26)11-25-16-4-2-1-3-14(16)20(27)15-7-6-13(22)9-17(15)25/h1-10H,11H2,(H,23,24,26). The van der Waals surface area contributed by atoms with Crippen molar-refractivity contribution in [3.63, 3.8) is 0 Å². The predicted octanol–water partition coefficient (Wildman–Crippen LogP) is 4.60. The van der Waals surface area contributed by atoms with Crippen molar-refractivity contribution in [3.8, 4) is 0 Å². The number of benzene rings is 2. The molecule has 0 radical (unpaired) electrons. The number of halogens is 2. The molecule has 0 saturated carbocycles. The number of nitrogens with one attached hydrogen (secondary N) is 1. The van der Waals surface area contributed by atoms with Gasteiger partial charge in [-0.15, -0.1) is 0 Å². The number of anilines is 1. The summed E-state index contributed by atoms with van der Waals surface area (Å²) in [5.74, 6) is 0.204. The maximum absolute atomic E-state index is 12.8. The molecule has 0 fully saturated rings. The van der Waals surface area contributed by atoms with Gasteiger partial charge in [0.05, 0.1) is 11.0 Å². The van der Waals surface area contributed by atoms with Gasteiger partial charge in [-0.25, -0.2) is 4.98 Å². The first-order valence-corrected chi connectivity index (χ1v) is 9.32. The number of hydrogen-bond donors (Lipinski definition) is 1. The lowest BCUT2D eigenvalue weighted by Crippen LogP contribution is -2.22. The molecule has 1 N–H and O–H groups in total. The first kappa shape index (κ1) is 17.7. The smallest absolute Gasteiger partial charge is 0.245 e. The lowest BCUT2D eigenvalue weighted by molar-refractivity contribution is -0.116. The minimum atomic E-state index is -0.250. The normalized spacial score (nSPS) is 11.0. The van der Waals surface area contributed by atoms with E-state index < -0.39 is 0 Å². The Balaban J connectivity index is 1.82. The molecule has 2 aromatic heterocycles. The Labute approximate surface area is 167 Å². The molecule has 0 aliphatic heterocycles. The van der Waals surface area contributed by atoms with Crippen LogP contribution in [0.25, 0.3) is 21.8 Å². The maximum Gasteiger partial charge on any atom is 0.245 e. The van der Waals surface area contributed by atoms with Crippen molar-refractivity contribution in [2.45, 2.75) is 6.54 Å². The number of carbonyl (C=O) groups is 1. The summed E-state index contributed by atoms with van der Waals surface area (Å²) in [4.78, 5) is 29.6. The van der Waals surface area contributed by atoms with Gasteiger partial charge in [-0.05, 0) is 58.4 Å². The summed E-state index contributed by atoms with van der Waals surface area (Å²) < 4.78 is 2.62. The molecule has 5 nitrogen and oxygen atoms in total. The molecule has 27 heavy (non-hydrogen) atoms. The molecule has 0 spiro atoms. The average Bonchev–Trinajstić information content (AvgIpc) is 2.67. The van der Waals surface area contributed by atoms with Gasteiger partial charge in [0.2, 0.25) is 5.91 Å². The molecule has 2 heterocycles. The number of nitrogens with zero attached hydrogens (tertiary/aromatic N) is 2. The minimum absolute atomic E-state index is 0.0232. The number of fused-ring (bicyclic) bond motifs is 2. The summed E-state index contributed by atoms with van der Waals surface area (Å²) >= 11 is 9.46. The van der Waals surface area contributed by atoms with Crippen LogP contribution in [0.2, 0.25) is 5.02 Å². The first-order valence-electron chi connectivity index (χ1n) is 8.15. The monoisotopic (exact) mass is 441 g/mol. The Kier molecular flexibility index (Phi) is 4.68. The lowest BCUT2D eigenvalue weighted by atomic mass is 10.1. The summed E-state index contributed by atoms with van der Waals surface area (Å²) in [7, 11) is 0. The molecule has 4 rings (SSSR count). The van der Waals surface area contributed by atoms with Crippen molar-refractivity contribution in [1.29, 1.82) is 0 Å². The van der Waals surface area contributed by atoms with E-state index in [0.29, 0.717) is 32.6 Å². The molecule has 0 bridgehead atoms. The van der Waals surface area contributed by atoms with Crippen molar-refractivity contribution in [3.05, 3.63) is 80.5 Å². The van der Waals surface area contributed by atoms with Gasteiger partial charge in [-0.3, -0.25) is 9.59 Å². The minimum Gasteiger partial charge on any atom is -0.331 e. The number of pyridine rings is 2. The van der Waals surface area contributed by atoms with Crippen LogP contribution in [0.15, 0.2) is 70.1 Å². The summed E-state index contributed by atoms with van der Waals surface area (Å²) in [6, 6.07) is 15.8. The molecule has 4 aromatic rings. The van der Waals surface area contributed by atoms with Crippen LogP contribution in [0.1, 0.15) is 0 Å². The zero-order chi connectivity index (χ0) is 19.0. The van der Waals surface area contributed by atoms with Crippen molar-refractivity contribution >= 4 is 61.1 Å². The van der Waals surface area contributed by atoms with Gasteiger partial charge in [-0.1, -0.05) is 23.7 Å². The highest BCUT2D eigenvalue weighted by molar-refractivity contribution is 9.10. The van der Waals surface area contributed by atoms with Crippen LogP contribution in [0.3, 0.4) is 0 Å². The predicted molar refractivity (Wildman–Crippen MR) is 111 cm³/mol. The van der Waals surface area contributed by atoms with Crippen LogP contribution >= 0.6 is 27.5 Å². The van der Waals surface area contributed by atoms with Crippen LogP contribution < -0.4 is 10.7 Å². The van der Waals surface area contributed by atoms with Crippen molar-refractivity contribution in [2.24, 2.45) is 0 Å². The second-order valence-electron chi connectivity index (χ2n) is 6.00. The topological polar surface area (TPSA) is 64.0 Å². The van der Waals surface area contributed by atoms with Gasteiger partial charge < -0.3 is 9.88 Å². The lowest BCUT2D eigenvalue weighted by Gasteiger charge is -2.15. The molecule has 2 aromatic carbocycles. The fourth-order valence-electron chi connectivity index (χ4n) is 3.04. The van der Waals surface area contributed by atoms with Gasteiger partial charge in [0, 0.05) is 26.5 Å². The fraction of sp³-hybridized carbons (Fsp3) is 0.0500. The summed E-state index contributed by atoms with van der Waals surface area (Å²) in [5, 5.41) is 4.35. The third-order valence-corrected chi connectivity index (χ3v) is 4.94. The van der Waals surface area contributed by atoms with Gasteiger partial charge in [0.15, 0.2) is 5.43 Å². The molecule has 1 amide bonds. The molecule has 0 aliphatic carbocycles. The first-order chi connectivity index (χ1) is 13.0. The SMILES string of the molecule is O=C(Cn1c2ccccc2c(=O)c2ccc(Cl)cc21)Nc1ccc(Br)cn1. The van der Waals surface area contributed by atoms with Crippen LogP contribution in [-0.4, -0.2) is 15.5 Å². The maximum atomic E-state index is 12.8. The molecule has 0 aliphatic rings. The number of rotatable bonds is 3. The van der Waals surface area contributed by atoms with Gasteiger partial charge >= 0.3 is 0 Å². The van der Waals surface area contributed by atoms with E-state index in [0.717, 1.165) is 4.47 Å². The highest BCUT2D eigenvalue weighted by Gasteiger charge is 2.14. The van der Waals surface area contributed by atoms with E-state index >= 15 is 0 Å². The van der Waals surface area contributed by atoms with Crippen molar-refractivity contribution in [2.75, 3.05) is 5.32 Å². The van der Waals surface area contributed by atoms with Gasteiger partial charge in [0.25, 0.3) is 0 Å². The molecular weight excluding hydrogens is 430 g/mol. The second kappa shape index (κ2) is 7.13. The van der Waals surface area contributed by atoms with Crippen LogP contribution in [0, 0.1) is 0 Å². The van der Waals surface area contributed by atoms with Crippen LogP contribution in [0.5, 0.6) is 0 Å². The summed E-state index contributed by atoms with van der Waals surface area (Å²) in [6.45, 7) is 0.0232. The summed E-state index contributed by atoms with van der Waals surface area (Å²) in [6.07, 6.45) is 1.61. The highest BCUT2D eigenvalue weighted by Crippen LogP contribution is 2.22. The van der Waals surface area contributed by atoms with E-state index in [1.165, 1.54) is 0 Å². The highest BCUT2D eigenvalue weighted by atomic mass is 79.9. The zero-order valence-electron chi connectivity index (χ0n) is 13.9. The van der Waals surface area contributed by atoms with E-state index in [9.17, 15) is 9.59 Å². The third kappa shape index (κ3) is 3.46. The van der Waals surface area contributed by atoms with E-state index in [4.69, 9.17) is 11.6 Å². The van der Waals surface area contributed by atoms with Crippen LogP contribution in [-0.2, 0) is 11.3 Å². The van der Waals surface area contributed by atoms with E-state index in [2.05, 4.69) is 26.2 Å². The van der Waals surface area contributed by atoms with Crippen LogP contribution in [0.4, 0.5) is 5.82 Å². The Morgan fingerprint density at radius 1 is 1.07 bits per heavy atom. The molecule has 0 atom stereocenters. The molecule has 134 valence electrons. The summed E-state index contributed by atoms with van der Waals surface area (Å²) in [5.41, 5.74) is 1.21.